The number of nitriles is 1. The Balaban J connectivity index is 2.23. The largest absolute Gasteiger partial charge is 0.495 e. The molecule has 0 unspecified atom stereocenters. The highest BCUT2D eigenvalue weighted by Crippen LogP contribution is 2.29. The molecule has 0 radical (unpaired) electrons. The molecule has 1 aromatic heterocycles. The van der Waals surface area contributed by atoms with E-state index in [1.165, 1.54) is 0 Å². The normalized spacial score (nSPS) is 9.78. The number of rotatable bonds is 4. The Labute approximate surface area is 110 Å². The van der Waals surface area contributed by atoms with Gasteiger partial charge in [0.05, 0.1) is 24.9 Å². The summed E-state index contributed by atoms with van der Waals surface area (Å²) in [5.41, 5.74) is 7.85. The van der Waals surface area contributed by atoms with E-state index in [1.807, 2.05) is 17.5 Å². The number of thiophene rings is 1. The maximum absolute atomic E-state index is 9.08. The summed E-state index contributed by atoms with van der Waals surface area (Å²) in [6.07, 6.45) is 0. The fraction of sp³-hybridized carbons (Fsp3) is 0.154. The summed E-state index contributed by atoms with van der Waals surface area (Å²) in [5.74, 6) is 0.657. The second-order valence-electron chi connectivity index (χ2n) is 3.65. The van der Waals surface area contributed by atoms with E-state index in [9.17, 15) is 0 Å². The highest BCUT2D eigenvalue weighted by atomic mass is 32.1. The van der Waals surface area contributed by atoms with Gasteiger partial charge in [-0.2, -0.15) is 5.26 Å². The number of para-hydroxylation sites is 1. The van der Waals surface area contributed by atoms with Gasteiger partial charge in [-0.05, 0) is 23.6 Å². The Morgan fingerprint density at radius 1 is 1.44 bits per heavy atom. The minimum atomic E-state index is 0.560. The Kier molecular flexibility index (Phi) is 3.70. The van der Waals surface area contributed by atoms with E-state index in [0.717, 1.165) is 10.6 Å². The van der Waals surface area contributed by atoms with Crippen LogP contribution < -0.4 is 15.8 Å². The number of nitrogens with two attached hydrogens (primary N) is 1. The van der Waals surface area contributed by atoms with Crippen molar-refractivity contribution in [3.8, 4) is 11.8 Å². The van der Waals surface area contributed by atoms with Crippen molar-refractivity contribution in [2.75, 3.05) is 18.2 Å². The fourth-order valence-electron chi connectivity index (χ4n) is 1.64. The van der Waals surface area contributed by atoms with Crippen LogP contribution in [0.3, 0.4) is 0 Å². The van der Waals surface area contributed by atoms with Gasteiger partial charge in [0.15, 0.2) is 0 Å². The highest BCUT2D eigenvalue weighted by molar-refractivity contribution is 7.10. The first-order valence-corrected chi connectivity index (χ1v) is 6.27. The summed E-state index contributed by atoms with van der Waals surface area (Å²) < 4.78 is 5.25. The van der Waals surface area contributed by atoms with Crippen molar-refractivity contribution in [1.29, 1.82) is 5.26 Å². The summed E-state index contributed by atoms with van der Waals surface area (Å²) in [7, 11) is 1.58. The monoisotopic (exact) mass is 259 g/mol. The lowest BCUT2D eigenvalue weighted by molar-refractivity contribution is 0.416. The van der Waals surface area contributed by atoms with E-state index in [4.69, 9.17) is 15.7 Å². The van der Waals surface area contributed by atoms with Crippen molar-refractivity contribution >= 4 is 22.7 Å². The maximum Gasteiger partial charge on any atom is 0.143 e. The zero-order chi connectivity index (χ0) is 13.0. The predicted octanol–water partition coefficient (Wildman–Crippen LogP) is 2.82. The van der Waals surface area contributed by atoms with Gasteiger partial charge in [0.2, 0.25) is 0 Å². The molecular formula is C13H13N3OS. The first kappa shape index (κ1) is 12.3. The van der Waals surface area contributed by atoms with Crippen molar-refractivity contribution in [2.45, 2.75) is 6.54 Å². The summed E-state index contributed by atoms with van der Waals surface area (Å²) in [6, 6.07) is 9.38. The molecule has 0 saturated heterocycles. The smallest absolute Gasteiger partial charge is 0.143 e. The lowest BCUT2D eigenvalue weighted by Gasteiger charge is -2.12. The number of nitrogens with zero attached hydrogens (tertiary/aromatic N) is 1. The van der Waals surface area contributed by atoms with E-state index in [-0.39, 0.29) is 0 Å². The molecule has 0 aliphatic rings. The second kappa shape index (κ2) is 5.43. The Bertz CT molecular complexity index is 586. The first-order valence-electron chi connectivity index (χ1n) is 5.39. The number of nitrogen functional groups attached to an aromatic ring is 1. The van der Waals surface area contributed by atoms with Crippen LogP contribution >= 0.6 is 11.3 Å². The molecule has 5 heteroatoms. The lowest BCUT2D eigenvalue weighted by atomic mass is 10.1. The lowest BCUT2D eigenvalue weighted by Crippen LogP contribution is -2.03. The number of nitrogens with one attached hydrogen (secondary N) is 1. The number of hydrogen-bond acceptors (Lipinski definition) is 5. The van der Waals surface area contributed by atoms with Crippen LogP contribution in [0.15, 0.2) is 29.6 Å². The van der Waals surface area contributed by atoms with Crippen LogP contribution in [-0.2, 0) is 6.54 Å². The molecule has 0 bridgehead atoms. The van der Waals surface area contributed by atoms with Crippen molar-refractivity contribution in [1.82, 2.24) is 0 Å². The average Bonchev–Trinajstić information content (AvgIpc) is 2.81. The number of ether oxygens (including phenoxy) is 1. The van der Waals surface area contributed by atoms with Crippen LogP contribution in [0.1, 0.15) is 10.4 Å². The summed E-state index contributed by atoms with van der Waals surface area (Å²) in [6.45, 7) is 0.582. The Morgan fingerprint density at radius 3 is 2.89 bits per heavy atom. The number of benzene rings is 1. The molecule has 1 aromatic carbocycles. The van der Waals surface area contributed by atoms with E-state index >= 15 is 0 Å². The second-order valence-corrected chi connectivity index (χ2v) is 4.65. The van der Waals surface area contributed by atoms with Gasteiger partial charge in [-0.3, -0.25) is 0 Å². The minimum absolute atomic E-state index is 0.560. The molecule has 0 amide bonds. The molecule has 0 atom stereocenters. The van der Waals surface area contributed by atoms with Crippen LogP contribution in [0.2, 0.25) is 0 Å². The molecule has 0 aliphatic carbocycles. The maximum atomic E-state index is 9.08. The van der Waals surface area contributed by atoms with Crippen LogP contribution in [-0.4, -0.2) is 7.11 Å². The summed E-state index contributed by atoms with van der Waals surface area (Å²) >= 11 is 1.58. The third-order valence-corrected chi connectivity index (χ3v) is 3.51. The average molecular weight is 259 g/mol. The van der Waals surface area contributed by atoms with E-state index in [1.54, 1.807) is 30.6 Å². The van der Waals surface area contributed by atoms with Gasteiger partial charge in [0.1, 0.15) is 11.8 Å². The molecule has 0 saturated carbocycles. The van der Waals surface area contributed by atoms with Gasteiger partial charge < -0.3 is 15.8 Å². The molecule has 2 rings (SSSR count). The van der Waals surface area contributed by atoms with Crippen LogP contribution in [0, 0.1) is 11.3 Å². The molecule has 92 valence electrons. The molecule has 2 aromatic rings. The standard InChI is InChI=1S/C13H13N3OS/c1-17-11-4-2-3-9(7-14)13(11)16-8-12-10(15)5-6-18-12/h2-6,16H,8,15H2,1H3. The van der Waals surface area contributed by atoms with Gasteiger partial charge in [-0.1, -0.05) is 6.07 Å². The predicted molar refractivity (Wildman–Crippen MR) is 73.8 cm³/mol. The highest BCUT2D eigenvalue weighted by Gasteiger charge is 2.09. The van der Waals surface area contributed by atoms with E-state index < -0.39 is 0 Å². The van der Waals surface area contributed by atoms with Gasteiger partial charge in [0.25, 0.3) is 0 Å². The van der Waals surface area contributed by atoms with Crippen molar-refractivity contribution in [3.05, 3.63) is 40.1 Å². The summed E-state index contributed by atoms with van der Waals surface area (Å²) in [5, 5.41) is 14.2. The van der Waals surface area contributed by atoms with E-state index in [0.29, 0.717) is 23.5 Å². The van der Waals surface area contributed by atoms with Gasteiger partial charge in [-0.15, -0.1) is 11.3 Å². The quantitative estimate of drug-likeness (QED) is 0.885. The topological polar surface area (TPSA) is 71.1 Å². The van der Waals surface area contributed by atoms with Crippen molar-refractivity contribution in [2.24, 2.45) is 0 Å². The zero-order valence-corrected chi connectivity index (χ0v) is 10.8. The molecular weight excluding hydrogens is 246 g/mol. The van der Waals surface area contributed by atoms with Gasteiger partial charge >= 0.3 is 0 Å². The molecule has 3 N–H and O–H groups in total. The van der Waals surface area contributed by atoms with Gasteiger partial charge in [-0.25, -0.2) is 0 Å². The Morgan fingerprint density at radius 2 is 2.28 bits per heavy atom. The van der Waals surface area contributed by atoms with Gasteiger partial charge in [0, 0.05) is 10.6 Å². The fourth-order valence-corrected chi connectivity index (χ4v) is 2.38. The number of methoxy groups -OCH3 is 1. The number of anilines is 2. The minimum Gasteiger partial charge on any atom is -0.495 e. The third-order valence-electron chi connectivity index (χ3n) is 2.57. The molecule has 0 aliphatic heterocycles. The molecule has 1 heterocycles. The number of hydrogen-bond donors (Lipinski definition) is 2. The molecule has 18 heavy (non-hydrogen) atoms. The van der Waals surface area contributed by atoms with Crippen molar-refractivity contribution in [3.63, 3.8) is 0 Å². The summed E-state index contributed by atoms with van der Waals surface area (Å²) in [4.78, 5) is 1.05. The van der Waals surface area contributed by atoms with E-state index in [2.05, 4.69) is 11.4 Å². The SMILES string of the molecule is COc1cccc(C#N)c1NCc1sccc1N. The molecule has 4 nitrogen and oxygen atoms in total. The van der Waals surface area contributed by atoms with Crippen LogP contribution in [0.25, 0.3) is 0 Å². The Hall–Kier alpha value is -2.19. The van der Waals surface area contributed by atoms with Crippen LogP contribution in [0.4, 0.5) is 11.4 Å². The zero-order valence-electron chi connectivity index (χ0n) is 9.93. The first-order chi connectivity index (χ1) is 8.76. The van der Waals surface area contributed by atoms with Crippen LogP contribution in [0.5, 0.6) is 5.75 Å². The third kappa shape index (κ3) is 2.39. The van der Waals surface area contributed by atoms with Crippen molar-refractivity contribution < 1.29 is 4.74 Å². The molecule has 0 spiro atoms. The molecule has 0 fully saturated rings.